The topological polar surface area (TPSA) is 97.3 Å². The van der Waals surface area contributed by atoms with Crippen molar-refractivity contribution in [3.05, 3.63) is 38.7 Å². The highest BCUT2D eigenvalue weighted by atomic mass is 16.5. The van der Waals surface area contributed by atoms with Crippen LogP contribution in [-0.4, -0.2) is 50.6 Å². The van der Waals surface area contributed by atoms with Crippen LogP contribution in [0.5, 0.6) is 0 Å². The molecule has 1 aliphatic carbocycles. The van der Waals surface area contributed by atoms with Gasteiger partial charge in [0.1, 0.15) is 5.65 Å². The predicted molar refractivity (Wildman–Crippen MR) is 90.8 cm³/mol. The first-order valence-corrected chi connectivity index (χ1v) is 8.53. The molecule has 8 heteroatoms. The number of carbonyl (C=O) groups is 1. The van der Waals surface area contributed by atoms with E-state index >= 15 is 0 Å². The second-order valence-corrected chi connectivity index (χ2v) is 6.92. The maximum Gasteiger partial charge on any atom is 0.330 e. The van der Waals surface area contributed by atoms with Gasteiger partial charge < -0.3 is 9.64 Å². The number of aromatic amines is 1. The minimum atomic E-state index is -0.511. The van der Waals surface area contributed by atoms with Crippen molar-refractivity contribution < 1.29 is 9.53 Å². The SMILES string of the molecule is CC1CN(C(=O)c2cnc3c(c2)c(=O)[nH]c(=O)n3C2CC2)CC(C)O1. The van der Waals surface area contributed by atoms with E-state index in [0.717, 1.165) is 12.8 Å². The third-order valence-corrected chi connectivity index (χ3v) is 4.64. The van der Waals surface area contributed by atoms with Crippen LogP contribution in [0.4, 0.5) is 0 Å². The van der Waals surface area contributed by atoms with Crippen LogP contribution < -0.4 is 11.2 Å². The summed E-state index contributed by atoms with van der Waals surface area (Å²) in [4.78, 5) is 45.4. The van der Waals surface area contributed by atoms with Gasteiger partial charge in [0, 0.05) is 25.3 Å². The Hall–Kier alpha value is -2.48. The number of nitrogens with one attached hydrogen (secondary N) is 1. The van der Waals surface area contributed by atoms with Crippen molar-refractivity contribution >= 4 is 16.9 Å². The smallest absolute Gasteiger partial charge is 0.330 e. The normalized spacial score (nSPS) is 23.8. The summed E-state index contributed by atoms with van der Waals surface area (Å²) in [5, 5.41) is 0.270. The Kier molecular flexibility index (Phi) is 3.72. The molecule has 1 N–H and O–H groups in total. The van der Waals surface area contributed by atoms with Gasteiger partial charge in [0.15, 0.2) is 0 Å². The summed E-state index contributed by atoms with van der Waals surface area (Å²) in [5.41, 5.74) is -0.262. The standard InChI is InChI=1S/C17H20N4O4/c1-9-7-20(8-10(2)25-9)16(23)11-5-13-14(18-6-11)21(12-3-4-12)17(24)19-15(13)22/h5-6,9-10,12H,3-4,7-8H2,1-2H3,(H,19,22,24). The average Bonchev–Trinajstić information content (AvgIpc) is 3.38. The van der Waals surface area contributed by atoms with Crippen LogP contribution in [0, 0.1) is 0 Å². The number of morpholine rings is 1. The molecule has 1 aliphatic heterocycles. The lowest BCUT2D eigenvalue weighted by Gasteiger charge is -2.35. The zero-order chi connectivity index (χ0) is 17.7. The molecule has 3 heterocycles. The number of nitrogens with zero attached hydrogens (tertiary/aromatic N) is 3. The van der Waals surface area contributed by atoms with E-state index in [1.54, 1.807) is 4.90 Å². The van der Waals surface area contributed by atoms with Gasteiger partial charge in [-0.25, -0.2) is 9.78 Å². The maximum atomic E-state index is 12.8. The molecule has 0 bridgehead atoms. The zero-order valence-electron chi connectivity index (χ0n) is 14.2. The molecule has 0 aromatic carbocycles. The van der Waals surface area contributed by atoms with E-state index < -0.39 is 11.2 Å². The van der Waals surface area contributed by atoms with E-state index in [-0.39, 0.29) is 29.5 Å². The third kappa shape index (κ3) is 2.86. The minimum absolute atomic E-state index is 0.0374. The zero-order valence-corrected chi connectivity index (χ0v) is 14.2. The van der Waals surface area contributed by atoms with Crippen molar-refractivity contribution in [1.29, 1.82) is 0 Å². The van der Waals surface area contributed by atoms with Crippen molar-refractivity contribution in [2.75, 3.05) is 13.1 Å². The van der Waals surface area contributed by atoms with Gasteiger partial charge >= 0.3 is 5.69 Å². The number of H-pyrrole nitrogens is 1. The van der Waals surface area contributed by atoms with Crippen LogP contribution in [0.2, 0.25) is 0 Å². The van der Waals surface area contributed by atoms with Crippen LogP contribution in [0.25, 0.3) is 11.0 Å². The monoisotopic (exact) mass is 344 g/mol. The number of ether oxygens (including phenoxy) is 1. The molecule has 8 nitrogen and oxygen atoms in total. The Morgan fingerprint density at radius 3 is 2.56 bits per heavy atom. The second-order valence-electron chi connectivity index (χ2n) is 6.92. The summed E-state index contributed by atoms with van der Waals surface area (Å²) >= 11 is 0. The number of rotatable bonds is 2. The number of amides is 1. The fraction of sp³-hybridized carbons (Fsp3) is 0.529. The molecule has 4 rings (SSSR count). The van der Waals surface area contributed by atoms with Gasteiger partial charge in [-0.15, -0.1) is 0 Å². The molecule has 1 saturated carbocycles. The lowest BCUT2D eigenvalue weighted by Crippen LogP contribution is -2.48. The molecular formula is C17H20N4O4. The highest BCUT2D eigenvalue weighted by molar-refractivity contribution is 5.96. The molecule has 2 atom stereocenters. The van der Waals surface area contributed by atoms with Gasteiger partial charge in [-0.2, -0.15) is 0 Å². The number of pyridine rings is 1. The third-order valence-electron chi connectivity index (χ3n) is 4.64. The van der Waals surface area contributed by atoms with Gasteiger partial charge in [0.25, 0.3) is 11.5 Å². The summed E-state index contributed by atoms with van der Waals surface area (Å²) in [7, 11) is 0. The average molecular weight is 344 g/mol. The fourth-order valence-corrected chi connectivity index (χ4v) is 3.45. The molecule has 132 valence electrons. The summed E-state index contributed by atoms with van der Waals surface area (Å²) < 4.78 is 7.17. The summed E-state index contributed by atoms with van der Waals surface area (Å²) in [6, 6.07) is 1.62. The number of carbonyl (C=O) groups excluding carboxylic acids is 1. The Labute approximate surface area is 143 Å². The quantitative estimate of drug-likeness (QED) is 0.863. The number of hydrogen-bond donors (Lipinski definition) is 1. The van der Waals surface area contributed by atoms with Crippen LogP contribution in [0.3, 0.4) is 0 Å². The molecule has 0 radical (unpaired) electrons. The summed E-state index contributed by atoms with van der Waals surface area (Å²) in [5.74, 6) is -0.181. The molecule has 2 aromatic rings. The molecule has 1 amide bonds. The van der Waals surface area contributed by atoms with Crippen LogP contribution in [0.1, 0.15) is 43.1 Å². The van der Waals surface area contributed by atoms with E-state index in [1.165, 1.54) is 16.8 Å². The minimum Gasteiger partial charge on any atom is -0.372 e. The van der Waals surface area contributed by atoms with Gasteiger partial charge in [0.05, 0.1) is 23.2 Å². The number of fused-ring (bicyclic) bond motifs is 1. The van der Waals surface area contributed by atoms with Gasteiger partial charge in [-0.05, 0) is 32.8 Å². The second kappa shape index (κ2) is 5.80. The number of hydrogen-bond acceptors (Lipinski definition) is 5. The van der Waals surface area contributed by atoms with Crippen molar-refractivity contribution in [2.45, 2.75) is 44.9 Å². The Bertz CT molecular complexity index is 949. The number of aromatic nitrogens is 3. The van der Waals surface area contributed by atoms with Gasteiger partial charge in [-0.3, -0.25) is 19.1 Å². The predicted octanol–water partition coefficient (Wildman–Crippen LogP) is 0.669. The van der Waals surface area contributed by atoms with Gasteiger partial charge in [-0.1, -0.05) is 0 Å². The highest BCUT2D eigenvalue weighted by Crippen LogP contribution is 2.34. The lowest BCUT2D eigenvalue weighted by molar-refractivity contribution is -0.0586. The van der Waals surface area contributed by atoms with Crippen LogP contribution in [0.15, 0.2) is 21.9 Å². The summed E-state index contributed by atoms with van der Waals surface area (Å²) in [6.07, 6.45) is 3.17. The fourth-order valence-electron chi connectivity index (χ4n) is 3.45. The van der Waals surface area contributed by atoms with Gasteiger partial charge in [0.2, 0.25) is 0 Å². The van der Waals surface area contributed by atoms with E-state index in [0.29, 0.717) is 24.3 Å². The highest BCUT2D eigenvalue weighted by Gasteiger charge is 2.29. The molecular weight excluding hydrogens is 324 g/mol. The summed E-state index contributed by atoms with van der Waals surface area (Å²) in [6.45, 7) is 4.85. The first-order chi connectivity index (χ1) is 11.9. The van der Waals surface area contributed by atoms with Crippen molar-refractivity contribution in [2.24, 2.45) is 0 Å². The van der Waals surface area contributed by atoms with Crippen molar-refractivity contribution in [1.82, 2.24) is 19.4 Å². The Morgan fingerprint density at radius 2 is 1.92 bits per heavy atom. The molecule has 2 aliphatic rings. The van der Waals surface area contributed by atoms with Crippen molar-refractivity contribution in [3.63, 3.8) is 0 Å². The molecule has 2 fully saturated rings. The molecule has 2 aromatic heterocycles. The first kappa shape index (κ1) is 16.0. The Balaban J connectivity index is 1.75. The molecule has 0 spiro atoms. The van der Waals surface area contributed by atoms with E-state index in [4.69, 9.17) is 4.74 Å². The molecule has 2 unspecified atom stereocenters. The van der Waals surface area contributed by atoms with E-state index in [1.807, 2.05) is 13.8 Å². The van der Waals surface area contributed by atoms with Crippen LogP contribution in [-0.2, 0) is 4.74 Å². The first-order valence-electron chi connectivity index (χ1n) is 8.53. The molecule has 1 saturated heterocycles. The molecule has 25 heavy (non-hydrogen) atoms. The van der Waals surface area contributed by atoms with E-state index in [9.17, 15) is 14.4 Å². The largest absolute Gasteiger partial charge is 0.372 e. The Morgan fingerprint density at radius 1 is 1.24 bits per heavy atom. The van der Waals surface area contributed by atoms with Crippen LogP contribution >= 0.6 is 0 Å². The lowest BCUT2D eigenvalue weighted by atomic mass is 10.1. The van der Waals surface area contributed by atoms with E-state index in [2.05, 4.69) is 9.97 Å². The van der Waals surface area contributed by atoms with Crippen molar-refractivity contribution in [3.8, 4) is 0 Å². The maximum absolute atomic E-state index is 12.8.